The number of para-hydroxylation sites is 1. The lowest BCUT2D eigenvalue weighted by atomic mass is 10.0. The van der Waals surface area contributed by atoms with Crippen LogP contribution in [0.4, 0.5) is 0 Å². The quantitative estimate of drug-likeness (QED) is 0.247. The molecule has 0 saturated carbocycles. The lowest BCUT2D eigenvalue weighted by Gasteiger charge is -2.21. The van der Waals surface area contributed by atoms with Crippen LogP contribution in [0.25, 0.3) is 10.9 Å². The molecule has 35 heavy (non-hydrogen) atoms. The zero-order valence-corrected chi connectivity index (χ0v) is 19.9. The smallest absolute Gasteiger partial charge is 0.243 e. The summed E-state index contributed by atoms with van der Waals surface area (Å²) < 4.78 is 5.96. The molecule has 0 N–H and O–H groups in total. The Morgan fingerprint density at radius 1 is 1.03 bits per heavy atom. The van der Waals surface area contributed by atoms with Crippen LogP contribution in [-0.4, -0.2) is 39.2 Å². The molecule has 5 rings (SSSR count). The third kappa shape index (κ3) is 5.56. The van der Waals surface area contributed by atoms with Crippen molar-refractivity contribution in [2.45, 2.75) is 31.9 Å². The van der Waals surface area contributed by atoms with E-state index in [1.54, 1.807) is 17.3 Å². The molecule has 0 radical (unpaired) electrons. The van der Waals surface area contributed by atoms with Crippen molar-refractivity contribution in [3.8, 4) is 0 Å². The zero-order valence-electron chi connectivity index (χ0n) is 19.2. The van der Waals surface area contributed by atoms with Crippen LogP contribution in [0.2, 0.25) is 5.15 Å². The van der Waals surface area contributed by atoms with Crippen molar-refractivity contribution in [3.63, 3.8) is 0 Å². The van der Waals surface area contributed by atoms with Gasteiger partial charge in [0.25, 0.3) is 0 Å². The van der Waals surface area contributed by atoms with Crippen LogP contribution in [0.1, 0.15) is 29.7 Å². The summed E-state index contributed by atoms with van der Waals surface area (Å²) in [6.07, 6.45) is 3.42. The summed E-state index contributed by atoms with van der Waals surface area (Å²) in [5.74, 6) is -0.0163. The number of halogens is 1. The summed E-state index contributed by atoms with van der Waals surface area (Å²) in [5, 5.41) is 7.85. The molecular formula is C28H25ClN4O2. The molecule has 1 fully saturated rings. The minimum atomic E-state index is -0.130. The Morgan fingerprint density at radius 2 is 1.86 bits per heavy atom. The number of nitrogens with zero attached hydrogens (tertiary/aromatic N) is 4. The van der Waals surface area contributed by atoms with Crippen LogP contribution >= 0.6 is 11.6 Å². The molecule has 2 aromatic carbocycles. The largest absolute Gasteiger partial charge is 0.375 e. The molecule has 1 aliphatic heterocycles. The first-order valence-corrected chi connectivity index (χ1v) is 12.0. The third-order valence-electron chi connectivity index (χ3n) is 6.05. The van der Waals surface area contributed by atoms with Gasteiger partial charge in [0.15, 0.2) is 0 Å². The molecular weight excluding hydrogens is 460 g/mol. The fourth-order valence-corrected chi connectivity index (χ4v) is 4.44. The number of aromatic nitrogens is 2. The highest BCUT2D eigenvalue weighted by Crippen LogP contribution is 2.23. The lowest BCUT2D eigenvalue weighted by Crippen LogP contribution is -2.33. The zero-order chi connectivity index (χ0) is 24.0. The molecule has 3 heterocycles. The third-order valence-corrected chi connectivity index (χ3v) is 6.26. The number of carbonyl (C=O) groups excluding carboxylic acids is 1. The Kier molecular flexibility index (Phi) is 7.12. The van der Waals surface area contributed by atoms with Gasteiger partial charge >= 0.3 is 0 Å². The van der Waals surface area contributed by atoms with Crippen molar-refractivity contribution in [1.29, 1.82) is 0 Å². The fraction of sp³-hybridized carbons (Fsp3) is 0.214. The summed E-state index contributed by atoms with van der Waals surface area (Å²) in [4.78, 5) is 21.8. The first-order valence-electron chi connectivity index (χ1n) is 11.6. The molecule has 2 aromatic heterocycles. The molecule has 1 atom stereocenters. The van der Waals surface area contributed by atoms with E-state index in [1.807, 2.05) is 72.8 Å². The first-order chi connectivity index (χ1) is 17.2. The Morgan fingerprint density at radius 3 is 2.71 bits per heavy atom. The molecule has 0 aliphatic carbocycles. The predicted molar refractivity (Wildman–Crippen MR) is 137 cm³/mol. The van der Waals surface area contributed by atoms with Gasteiger partial charge in [0.05, 0.1) is 36.2 Å². The van der Waals surface area contributed by atoms with E-state index in [2.05, 4.69) is 9.97 Å². The normalized spacial score (nSPS) is 16.3. The number of hydrogen-bond donors (Lipinski definition) is 0. The highest BCUT2D eigenvalue weighted by molar-refractivity contribution is 6.29. The molecule has 6 nitrogen and oxygen atoms in total. The Balaban J connectivity index is 1.43. The van der Waals surface area contributed by atoms with Gasteiger partial charge in [-0.25, -0.2) is 9.99 Å². The number of hydrogen-bond acceptors (Lipinski definition) is 5. The average molecular weight is 485 g/mol. The maximum atomic E-state index is 12.8. The van der Waals surface area contributed by atoms with Crippen molar-refractivity contribution in [2.75, 3.05) is 6.61 Å². The van der Waals surface area contributed by atoms with E-state index in [-0.39, 0.29) is 11.9 Å². The summed E-state index contributed by atoms with van der Waals surface area (Å²) in [7, 11) is 0. The van der Waals surface area contributed by atoms with Crippen LogP contribution in [0, 0.1) is 0 Å². The van der Waals surface area contributed by atoms with E-state index in [0.29, 0.717) is 49.0 Å². The summed E-state index contributed by atoms with van der Waals surface area (Å²) in [6, 6.07) is 25.3. The van der Waals surface area contributed by atoms with E-state index in [1.165, 1.54) is 0 Å². The SMILES string of the molecule is O=C1CC[C@@H](COCc2ccccc2)N1/N=C(\Cc1ccnc2ccccc12)c1cccc(Cl)n1. The molecule has 0 bridgehead atoms. The van der Waals surface area contributed by atoms with Gasteiger partial charge < -0.3 is 4.74 Å². The van der Waals surface area contributed by atoms with E-state index in [0.717, 1.165) is 22.0 Å². The monoisotopic (exact) mass is 484 g/mol. The number of amides is 1. The van der Waals surface area contributed by atoms with Gasteiger partial charge in [-0.15, -0.1) is 0 Å². The number of pyridine rings is 2. The Labute approximate surface area is 209 Å². The molecule has 0 spiro atoms. The van der Waals surface area contributed by atoms with Gasteiger partial charge in [0.2, 0.25) is 5.91 Å². The van der Waals surface area contributed by atoms with Crippen LogP contribution in [0.15, 0.2) is 90.2 Å². The van der Waals surface area contributed by atoms with Gasteiger partial charge in [0.1, 0.15) is 5.15 Å². The van der Waals surface area contributed by atoms with Crippen molar-refractivity contribution in [2.24, 2.45) is 5.10 Å². The average Bonchev–Trinajstić information content (AvgIpc) is 3.23. The standard InChI is InChI=1S/C28H25ClN4O2/c29-27-12-6-11-25(31-27)26(17-21-15-16-30-24-10-5-4-9-23(21)24)32-33-22(13-14-28(33)34)19-35-18-20-7-2-1-3-8-20/h1-12,15-16,22H,13-14,17-19H2/b32-26+/t22-/m0/s1. The predicted octanol–water partition coefficient (Wildman–Crippen LogP) is 5.44. The van der Waals surface area contributed by atoms with E-state index in [4.69, 9.17) is 21.4 Å². The minimum absolute atomic E-state index is 0.0163. The molecule has 4 aromatic rings. The second kappa shape index (κ2) is 10.8. The first kappa shape index (κ1) is 23.1. The van der Waals surface area contributed by atoms with Gasteiger partial charge in [-0.05, 0) is 41.8 Å². The van der Waals surface area contributed by atoms with E-state index in [9.17, 15) is 4.79 Å². The summed E-state index contributed by atoms with van der Waals surface area (Å²) in [6.45, 7) is 0.910. The van der Waals surface area contributed by atoms with Crippen LogP contribution < -0.4 is 0 Å². The Hall–Kier alpha value is -3.61. The molecule has 0 unspecified atom stereocenters. The van der Waals surface area contributed by atoms with Crippen LogP contribution in [0.5, 0.6) is 0 Å². The number of carbonyl (C=O) groups is 1. The highest BCUT2D eigenvalue weighted by Gasteiger charge is 2.32. The number of hydrazone groups is 1. The van der Waals surface area contributed by atoms with Crippen LogP contribution in [-0.2, 0) is 22.6 Å². The van der Waals surface area contributed by atoms with Crippen LogP contribution in [0.3, 0.4) is 0 Å². The van der Waals surface area contributed by atoms with Gasteiger partial charge in [-0.2, -0.15) is 5.10 Å². The number of ether oxygens (including phenoxy) is 1. The molecule has 1 aliphatic rings. The lowest BCUT2D eigenvalue weighted by molar-refractivity contribution is -0.129. The van der Waals surface area contributed by atoms with Gasteiger partial charge in [-0.3, -0.25) is 9.78 Å². The second-order valence-electron chi connectivity index (χ2n) is 8.49. The van der Waals surface area contributed by atoms with Crippen molar-refractivity contribution in [3.05, 3.63) is 107 Å². The van der Waals surface area contributed by atoms with E-state index >= 15 is 0 Å². The second-order valence-corrected chi connectivity index (χ2v) is 8.88. The molecule has 7 heteroatoms. The van der Waals surface area contributed by atoms with Crippen molar-refractivity contribution < 1.29 is 9.53 Å². The molecule has 1 amide bonds. The fourth-order valence-electron chi connectivity index (χ4n) is 4.27. The highest BCUT2D eigenvalue weighted by atomic mass is 35.5. The van der Waals surface area contributed by atoms with Crippen molar-refractivity contribution >= 4 is 34.1 Å². The minimum Gasteiger partial charge on any atom is -0.375 e. The molecule has 1 saturated heterocycles. The molecule has 176 valence electrons. The summed E-state index contributed by atoms with van der Waals surface area (Å²) >= 11 is 6.21. The van der Waals surface area contributed by atoms with E-state index < -0.39 is 0 Å². The van der Waals surface area contributed by atoms with Gasteiger partial charge in [-0.1, -0.05) is 66.2 Å². The van der Waals surface area contributed by atoms with Gasteiger partial charge in [0, 0.05) is 24.4 Å². The topological polar surface area (TPSA) is 67.7 Å². The maximum Gasteiger partial charge on any atom is 0.243 e. The summed E-state index contributed by atoms with van der Waals surface area (Å²) in [5.41, 5.74) is 4.38. The van der Waals surface area contributed by atoms with Crippen molar-refractivity contribution in [1.82, 2.24) is 15.0 Å². The number of rotatable bonds is 8. The Bertz CT molecular complexity index is 1350. The maximum absolute atomic E-state index is 12.8. The number of benzene rings is 2. The number of fused-ring (bicyclic) bond motifs is 1.